The largest absolute Gasteiger partial charge is 0.481 e. The second-order valence-electron chi connectivity index (χ2n) is 10.4. The molecule has 3 N–H and O–H groups in total. The highest BCUT2D eigenvalue weighted by Gasteiger charge is 2.35. The fourth-order valence-electron chi connectivity index (χ4n) is 5.32. The van der Waals surface area contributed by atoms with E-state index in [4.69, 9.17) is 19.3 Å². The fourth-order valence-corrected chi connectivity index (χ4v) is 5.32. The Labute approximate surface area is 230 Å². The Kier molecular flexibility index (Phi) is 10.9. The van der Waals surface area contributed by atoms with Gasteiger partial charge in [0.25, 0.3) is 0 Å². The number of hydrogen-bond acceptors (Lipinski definition) is 7. The van der Waals surface area contributed by atoms with Crippen LogP contribution in [-0.2, 0) is 30.4 Å². The van der Waals surface area contributed by atoms with Gasteiger partial charge < -0.3 is 29.7 Å². The zero-order chi connectivity index (χ0) is 27.6. The minimum absolute atomic E-state index is 0.00122. The van der Waals surface area contributed by atoms with E-state index in [1.54, 1.807) is 7.11 Å². The van der Waals surface area contributed by atoms with Gasteiger partial charge in [-0.25, -0.2) is 0 Å². The Bertz CT molecular complexity index is 1060. The average Bonchev–Trinajstić information content (AvgIpc) is 3.38. The Hall–Kier alpha value is -2.82. The van der Waals surface area contributed by atoms with E-state index in [1.807, 2.05) is 48.5 Å². The molecule has 4 atom stereocenters. The molecule has 0 bridgehead atoms. The van der Waals surface area contributed by atoms with E-state index in [9.17, 15) is 14.7 Å². The number of aliphatic hydroxyl groups is 1. The Morgan fingerprint density at radius 2 is 1.74 bits per heavy atom. The summed E-state index contributed by atoms with van der Waals surface area (Å²) in [6.07, 6.45) is 3.61. The molecule has 9 nitrogen and oxygen atoms in total. The predicted molar refractivity (Wildman–Crippen MR) is 146 cm³/mol. The van der Waals surface area contributed by atoms with Gasteiger partial charge in [-0.2, -0.15) is 0 Å². The summed E-state index contributed by atoms with van der Waals surface area (Å²) >= 11 is 0. The van der Waals surface area contributed by atoms with Crippen LogP contribution in [0.15, 0.2) is 48.5 Å². The third-order valence-corrected chi connectivity index (χ3v) is 7.42. The number of aliphatic hydroxyl groups excluding tert-OH is 1. The molecule has 0 saturated carbocycles. The molecule has 0 spiro atoms. The van der Waals surface area contributed by atoms with E-state index in [0.717, 1.165) is 49.0 Å². The maximum Gasteiger partial charge on any atom is 0.303 e. The van der Waals surface area contributed by atoms with Crippen LogP contribution < -0.4 is 5.32 Å². The molecule has 2 saturated heterocycles. The number of methoxy groups -OCH3 is 1. The summed E-state index contributed by atoms with van der Waals surface area (Å²) in [5, 5.41) is 21.0. The lowest BCUT2D eigenvalue weighted by Gasteiger charge is -2.38. The number of ether oxygens (including phenoxy) is 3. The van der Waals surface area contributed by atoms with Crippen LogP contribution in [0.1, 0.15) is 74.0 Å². The van der Waals surface area contributed by atoms with Crippen molar-refractivity contribution in [2.24, 2.45) is 0 Å². The molecule has 9 heteroatoms. The zero-order valence-corrected chi connectivity index (χ0v) is 22.6. The second kappa shape index (κ2) is 14.5. The molecule has 2 aliphatic heterocycles. The Morgan fingerprint density at radius 3 is 2.44 bits per heavy atom. The van der Waals surface area contributed by atoms with Crippen molar-refractivity contribution >= 4 is 17.6 Å². The lowest BCUT2D eigenvalue weighted by atomic mass is 9.99. The molecule has 2 aromatic rings. The van der Waals surface area contributed by atoms with Crippen molar-refractivity contribution in [2.75, 3.05) is 32.1 Å². The van der Waals surface area contributed by atoms with E-state index < -0.39 is 12.3 Å². The molecule has 0 radical (unpaired) electrons. The van der Waals surface area contributed by atoms with Gasteiger partial charge in [-0.1, -0.05) is 36.4 Å². The van der Waals surface area contributed by atoms with Crippen LogP contribution in [0.2, 0.25) is 0 Å². The highest BCUT2D eigenvalue weighted by atomic mass is 16.7. The standard InChI is InChI=1S/C30H40N2O7/c1-37-20-25-5-4-16-32(25)18-26-17-27(22-10-8-21(19-33)9-11-22)39-30(38-26)23-12-14-24(15-13-23)31-28(34)6-2-3-7-29(35)36/h8-15,25-27,30,33H,2-7,16-20H2,1H3,(H,31,34)(H,35,36)/t25-,26+,27-,30-/m0/s1. The lowest BCUT2D eigenvalue weighted by Crippen LogP contribution is -2.42. The maximum atomic E-state index is 12.2. The van der Waals surface area contributed by atoms with Crippen molar-refractivity contribution in [1.82, 2.24) is 4.90 Å². The molecule has 1 amide bonds. The molecule has 0 aromatic heterocycles. The van der Waals surface area contributed by atoms with Crippen molar-refractivity contribution in [2.45, 2.75) is 76.1 Å². The number of hydrogen-bond donors (Lipinski definition) is 3. The number of unbranched alkanes of at least 4 members (excludes halogenated alkanes) is 1. The van der Waals surface area contributed by atoms with E-state index in [2.05, 4.69) is 10.2 Å². The summed E-state index contributed by atoms with van der Waals surface area (Å²) in [5.74, 6) is -0.985. The number of rotatable bonds is 13. The first-order valence-corrected chi connectivity index (χ1v) is 13.8. The molecule has 2 aromatic carbocycles. The van der Waals surface area contributed by atoms with Crippen LogP contribution in [0.4, 0.5) is 5.69 Å². The molecular weight excluding hydrogens is 500 g/mol. The first kappa shape index (κ1) is 29.2. The van der Waals surface area contributed by atoms with Crippen LogP contribution in [0.3, 0.4) is 0 Å². The number of carbonyl (C=O) groups is 2. The number of carboxylic acids is 1. The van der Waals surface area contributed by atoms with Gasteiger partial charge in [0.15, 0.2) is 6.29 Å². The maximum absolute atomic E-state index is 12.2. The normalized spacial score (nSPS) is 23.5. The van der Waals surface area contributed by atoms with Gasteiger partial charge in [0.2, 0.25) is 5.91 Å². The molecule has 2 heterocycles. The van der Waals surface area contributed by atoms with E-state index >= 15 is 0 Å². The van der Waals surface area contributed by atoms with Gasteiger partial charge in [0.1, 0.15) is 0 Å². The quantitative estimate of drug-likeness (QED) is 0.320. The minimum atomic E-state index is -0.847. The predicted octanol–water partition coefficient (Wildman–Crippen LogP) is 4.42. The summed E-state index contributed by atoms with van der Waals surface area (Å²) in [5.41, 5.74) is 3.45. The Morgan fingerprint density at radius 1 is 1.03 bits per heavy atom. The van der Waals surface area contributed by atoms with Gasteiger partial charge in [-0.15, -0.1) is 0 Å². The number of nitrogens with zero attached hydrogens (tertiary/aromatic N) is 1. The lowest BCUT2D eigenvalue weighted by molar-refractivity contribution is -0.253. The number of nitrogens with one attached hydrogen (secondary N) is 1. The number of anilines is 1. The van der Waals surface area contributed by atoms with Gasteiger partial charge in [-0.3, -0.25) is 14.5 Å². The number of aliphatic carboxylic acids is 1. The van der Waals surface area contributed by atoms with Crippen molar-refractivity contribution in [3.8, 4) is 0 Å². The molecule has 2 aliphatic rings. The van der Waals surface area contributed by atoms with Crippen molar-refractivity contribution in [1.29, 1.82) is 0 Å². The monoisotopic (exact) mass is 540 g/mol. The van der Waals surface area contributed by atoms with E-state index in [0.29, 0.717) is 31.2 Å². The first-order chi connectivity index (χ1) is 18.9. The molecular formula is C30H40N2O7. The van der Waals surface area contributed by atoms with Gasteiger partial charge in [0.05, 0.1) is 25.4 Å². The Balaban J connectivity index is 1.42. The summed E-state index contributed by atoms with van der Waals surface area (Å²) in [7, 11) is 1.75. The first-order valence-electron chi connectivity index (χ1n) is 13.8. The minimum Gasteiger partial charge on any atom is -0.481 e. The van der Waals surface area contributed by atoms with Crippen LogP contribution >= 0.6 is 0 Å². The van der Waals surface area contributed by atoms with Crippen molar-refractivity contribution in [3.63, 3.8) is 0 Å². The van der Waals surface area contributed by atoms with Crippen LogP contribution in [0, 0.1) is 0 Å². The van der Waals surface area contributed by atoms with E-state index in [-0.39, 0.29) is 37.6 Å². The smallest absolute Gasteiger partial charge is 0.303 e. The van der Waals surface area contributed by atoms with Crippen molar-refractivity contribution in [3.05, 3.63) is 65.2 Å². The summed E-state index contributed by atoms with van der Waals surface area (Å²) < 4.78 is 18.4. The number of likely N-dealkylation sites (tertiary alicyclic amines) is 1. The number of carbonyl (C=O) groups excluding carboxylic acids is 1. The molecule has 39 heavy (non-hydrogen) atoms. The highest BCUT2D eigenvalue weighted by molar-refractivity contribution is 5.90. The van der Waals surface area contributed by atoms with E-state index in [1.165, 1.54) is 0 Å². The number of benzene rings is 2. The molecule has 2 fully saturated rings. The molecule has 212 valence electrons. The van der Waals surface area contributed by atoms with Gasteiger partial charge >= 0.3 is 5.97 Å². The average molecular weight is 541 g/mol. The number of carboxylic acid groups (broad SMARTS) is 1. The summed E-state index contributed by atoms with van der Waals surface area (Å²) in [4.78, 5) is 25.3. The third kappa shape index (κ3) is 8.58. The molecule has 0 aliphatic carbocycles. The third-order valence-electron chi connectivity index (χ3n) is 7.42. The topological polar surface area (TPSA) is 118 Å². The van der Waals surface area contributed by atoms with Crippen molar-refractivity contribution < 1.29 is 34.0 Å². The SMILES string of the molecule is COC[C@@H]1CCCN1C[C@H]1C[C@@H](c2ccc(CO)cc2)O[C@@H](c2ccc(NC(=O)CCCCC(=O)O)cc2)O1. The summed E-state index contributed by atoms with van der Waals surface area (Å²) in [6, 6.07) is 15.7. The zero-order valence-electron chi connectivity index (χ0n) is 22.6. The molecule has 4 rings (SSSR count). The van der Waals surface area contributed by atoms with Crippen LogP contribution in [0.5, 0.6) is 0 Å². The van der Waals surface area contributed by atoms with Crippen LogP contribution in [-0.4, -0.2) is 65.9 Å². The summed E-state index contributed by atoms with van der Waals surface area (Å²) in [6.45, 7) is 2.54. The number of amides is 1. The van der Waals surface area contributed by atoms with Crippen LogP contribution in [0.25, 0.3) is 0 Å². The molecule has 0 unspecified atom stereocenters. The second-order valence-corrected chi connectivity index (χ2v) is 10.4. The highest BCUT2D eigenvalue weighted by Crippen LogP contribution is 2.39. The van der Waals surface area contributed by atoms with Gasteiger partial charge in [0, 0.05) is 50.2 Å². The van der Waals surface area contributed by atoms with Gasteiger partial charge in [-0.05, 0) is 55.5 Å². The fraction of sp³-hybridized carbons (Fsp3) is 0.533.